The maximum atomic E-state index is 6.79. The van der Waals surface area contributed by atoms with Gasteiger partial charge in [-0.2, -0.15) is 0 Å². The first-order chi connectivity index (χ1) is 29.5. The van der Waals surface area contributed by atoms with Crippen molar-refractivity contribution in [1.82, 2.24) is 0 Å². The average Bonchev–Trinajstić information content (AvgIpc) is 3.93. The lowest BCUT2D eigenvalue weighted by atomic mass is 9.82. The first-order valence-corrected chi connectivity index (χ1v) is 20.7. The van der Waals surface area contributed by atoms with Gasteiger partial charge < -0.3 is 13.7 Å². The predicted octanol–water partition coefficient (Wildman–Crippen LogP) is 16.3. The number of rotatable bonds is 6. The van der Waals surface area contributed by atoms with E-state index >= 15 is 0 Å². The minimum Gasteiger partial charge on any atom is -0.456 e. The van der Waals surface area contributed by atoms with Crippen LogP contribution in [0.3, 0.4) is 0 Å². The number of furan rings is 2. The summed E-state index contributed by atoms with van der Waals surface area (Å²) < 4.78 is 13.4. The predicted molar refractivity (Wildman–Crippen MR) is 250 cm³/mol. The van der Waals surface area contributed by atoms with Gasteiger partial charge in [0.1, 0.15) is 22.3 Å². The smallest absolute Gasteiger partial charge is 0.137 e. The topological polar surface area (TPSA) is 29.5 Å². The third kappa shape index (κ3) is 5.29. The SMILES string of the molecule is CC1(C)c2ccccc2-c2ccc(N(c3ccc(-c4ccc(-c5ccccc5)cc4)cc3)c3cccc4oc5cc6c(cc5c34)oc3cccc(-c4ccccc4)c36)cc21. The van der Waals surface area contributed by atoms with Crippen molar-refractivity contribution in [3.63, 3.8) is 0 Å². The Morgan fingerprint density at radius 3 is 1.53 bits per heavy atom. The van der Waals surface area contributed by atoms with Crippen LogP contribution in [0.1, 0.15) is 25.0 Å². The lowest BCUT2D eigenvalue weighted by Crippen LogP contribution is -2.16. The van der Waals surface area contributed by atoms with E-state index in [0.29, 0.717) is 0 Å². The van der Waals surface area contributed by atoms with E-state index < -0.39 is 0 Å². The Hall–Kier alpha value is -7.62. The van der Waals surface area contributed by atoms with Crippen LogP contribution < -0.4 is 4.90 Å². The molecule has 60 heavy (non-hydrogen) atoms. The molecule has 9 aromatic carbocycles. The summed E-state index contributed by atoms with van der Waals surface area (Å²) in [6.07, 6.45) is 0. The molecular weight excluding hydrogens is 731 g/mol. The van der Waals surface area contributed by atoms with Crippen molar-refractivity contribution < 1.29 is 8.83 Å². The summed E-state index contributed by atoms with van der Waals surface area (Å²) >= 11 is 0. The van der Waals surface area contributed by atoms with Crippen molar-refractivity contribution in [3.8, 4) is 44.5 Å². The van der Waals surface area contributed by atoms with Crippen LogP contribution in [0, 0.1) is 0 Å². The van der Waals surface area contributed by atoms with E-state index in [1.54, 1.807) is 0 Å². The molecule has 284 valence electrons. The van der Waals surface area contributed by atoms with E-state index in [-0.39, 0.29) is 5.41 Å². The van der Waals surface area contributed by atoms with Crippen LogP contribution in [0.5, 0.6) is 0 Å². The summed E-state index contributed by atoms with van der Waals surface area (Å²) in [6, 6.07) is 71.8. The summed E-state index contributed by atoms with van der Waals surface area (Å²) in [6.45, 7) is 4.69. The zero-order valence-corrected chi connectivity index (χ0v) is 33.3. The van der Waals surface area contributed by atoms with Crippen molar-refractivity contribution in [3.05, 3.63) is 211 Å². The van der Waals surface area contributed by atoms with Gasteiger partial charge in [-0.25, -0.2) is 0 Å². The number of hydrogen-bond donors (Lipinski definition) is 0. The second-order valence-electron chi connectivity index (χ2n) is 16.5. The first kappa shape index (κ1) is 34.4. The van der Waals surface area contributed by atoms with E-state index in [2.05, 4.69) is 219 Å². The minimum atomic E-state index is -0.150. The van der Waals surface area contributed by atoms with Gasteiger partial charge in [0.25, 0.3) is 0 Å². The van der Waals surface area contributed by atoms with Crippen molar-refractivity contribution in [2.45, 2.75) is 19.3 Å². The van der Waals surface area contributed by atoms with E-state index in [1.165, 1.54) is 38.9 Å². The number of hydrogen-bond acceptors (Lipinski definition) is 3. The molecule has 0 N–H and O–H groups in total. The largest absolute Gasteiger partial charge is 0.456 e. The summed E-state index contributed by atoms with van der Waals surface area (Å²) in [4.78, 5) is 2.40. The summed E-state index contributed by atoms with van der Waals surface area (Å²) in [7, 11) is 0. The molecule has 0 saturated carbocycles. The highest BCUT2D eigenvalue weighted by Gasteiger charge is 2.36. The third-order valence-electron chi connectivity index (χ3n) is 12.7. The van der Waals surface area contributed by atoms with Gasteiger partial charge in [-0.3, -0.25) is 0 Å². The first-order valence-electron chi connectivity index (χ1n) is 20.7. The second kappa shape index (κ2) is 13.2. The monoisotopic (exact) mass is 769 g/mol. The number of nitrogens with zero attached hydrogens (tertiary/aromatic N) is 1. The van der Waals surface area contributed by atoms with E-state index in [4.69, 9.17) is 8.83 Å². The molecule has 2 heterocycles. The van der Waals surface area contributed by atoms with Crippen LogP contribution in [-0.4, -0.2) is 0 Å². The summed E-state index contributed by atoms with van der Waals surface area (Å²) in [5.74, 6) is 0. The third-order valence-corrected chi connectivity index (χ3v) is 12.7. The van der Waals surface area contributed by atoms with Crippen LogP contribution >= 0.6 is 0 Å². The Morgan fingerprint density at radius 2 is 0.850 bits per heavy atom. The van der Waals surface area contributed by atoms with Gasteiger partial charge in [-0.05, 0) is 110 Å². The molecule has 1 aliphatic carbocycles. The molecule has 0 atom stereocenters. The standard InChI is InChI=1S/C57H39NO2/c1-57(2)48-19-10-9-17-44(48)45-32-31-42(33-49(45)57)58(41-29-27-39(28-30-41)38-25-23-37(24-26-38)36-13-5-3-6-14-36)50-20-12-22-52-56(50)47-35-53-46(34-54(47)60-52)55-43(18-11-21-51(55)59-53)40-15-7-4-8-16-40/h3-35H,1-2H3. The highest BCUT2D eigenvalue weighted by molar-refractivity contribution is 6.20. The molecule has 11 aromatic rings. The maximum absolute atomic E-state index is 6.79. The highest BCUT2D eigenvalue weighted by Crippen LogP contribution is 2.52. The van der Waals surface area contributed by atoms with E-state index in [1.807, 2.05) is 0 Å². The van der Waals surface area contributed by atoms with Crippen LogP contribution in [-0.2, 0) is 5.41 Å². The lowest BCUT2D eigenvalue weighted by Gasteiger charge is -2.28. The van der Waals surface area contributed by atoms with Gasteiger partial charge in [-0.15, -0.1) is 0 Å². The normalized spacial score (nSPS) is 13.0. The Balaban J connectivity index is 1.03. The summed E-state index contributed by atoms with van der Waals surface area (Å²) in [5, 5.41) is 4.20. The van der Waals surface area contributed by atoms with Crippen LogP contribution in [0.4, 0.5) is 17.1 Å². The highest BCUT2D eigenvalue weighted by atomic mass is 16.3. The minimum absolute atomic E-state index is 0.150. The fraction of sp³-hybridized carbons (Fsp3) is 0.0526. The van der Waals surface area contributed by atoms with Crippen LogP contribution in [0.2, 0.25) is 0 Å². The van der Waals surface area contributed by atoms with Gasteiger partial charge in [0.15, 0.2) is 0 Å². The second-order valence-corrected chi connectivity index (χ2v) is 16.5. The zero-order chi connectivity index (χ0) is 40.0. The molecule has 12 rings (SSSR count). The number of benzene rings is 9. The number of anilines is 3. The average molecular weight is 770 g/mol. The molecule has 3 heteroatoms. The van der Waals surface area contributed by atoms with Gasteiger partial charge in [0.2, 0.25) is 0 Å². The van der Waals surface area contributed by atoms with Gasteiger partial charge >= 0.3 is 0 Å². The molecule has 0 amide bonds. The molecule has 0 saturated heterocycles. The van der Waals surface area contributed by atoms with Crippen LogP contribution in [0.15, 0.2) is 209 Å². The Kier molecular flexibility index (Phi) is 7.58. The molecule has 0 bridgehead atoms. The molecule has 1 aliphatic rings. The van der Waals surface area contributed by atoms with Gasteiger partial charge in [0.05, 0.1) is 11.1 Å². The Bertz CT molecular complexity index is 3430. The van der Waals surface area contributed by atoms with Crippen molar-refractivity contribution in [2.24, 2.45) is 0 Å². The molecule has 0 fully saturated rings. The molecule has 3 nitrogen and oxygen atoms in total. The molecule has 0 spiro atoms. The van der Waals surface area contributed by atoms with E-state index in [9.17, 15) is 0 Å². The summed E-state index contributed by atoms with van der Waals surface area (Å²) in [5.41, 5.74) is 18.8. The van der Waals surface area contributed by atoms with Crippen molar-refractivity contribution in [1.29, 1.82) is 0 Å². The quantitative estimate of drug-likeness (QED) is 0.169. The van der Waals surface area contributed by atoms with Gasteiger partial charge in [-0.1, -0.05) is 159 Å². The maximum Gasteiger partial charge on any atom is 0.137 e. The van der Waals surface area contributed by atoms with E-state index in [0.717, 1.165) is 77.6 Å². The fourth-order valence-electron chi connectivity index (χ4n) is 9.72. The molecule has 0 radical (unpaired) electrons. The Labute approximate surface area is 348 Å². The fourth-order valence-corrected chi connectivity index (χ4v) is 9.72. The number of fused-ring (bicyclic) bond motifs is 9. The molecular formula is C57H39NO2. The zero-order valence-electron chi connectivity index (χ0n) is 33.3. The molecule has 0 aliphatic heterocycles. The van der Waals surface area contributed by atoms with Gasteiger partial charge in [0, 0.05) is 32.9 Å². The lowest BCUT2D eigenvalue weighted by molar-refractivity contribution is 0.660. The molecule has 0 unspecified atom stereocenters. The Morgan fingerprint density at radius 1 is 0.350 bits per heavy atom. The van der Waals surface area contributed by atoms with Crippen molar-refractivity contribution in [2.75, 3.05) is 4.90 Å². The van der Waals surface area contributed by atoms with Crippen molar-refractivity contribution >= 4 is 60.9 Å². The molecule has 2 aromatic heterocycles. The van der Waals surface area contributed by atoms with Crippen LogP contribution in [0.25, 0.3) is 88.4 Å².